The highest BCUT2D eigenvalue weighted by Crippen LogP contribution is 2.62. The van der Waals surface area contributed by atoms with Crippen LogP contribution in [0, 0.1) is 5.92 Å². The fraction of sp³-hybridized carbons (Fsp3) is 0.171. The number of ketones is 2. The van der Waals surface area contributed by atoms with Crippen molar-refractivity contribution < 1.29 is 23.9 Å². The van der Waals surface area contributed by atoms with Gasteiger partial charge in [0.25, 0.3) is 0 Å². The van der Waals surface area contributed by atoms with Crippen molar-refractivity contribution in [2.45, 2.75) is 17.5 Å². The van der Waals surface area contributed by atoms with Gasteiger partial charge in [-0.2, -0.15) is 0 Å². The van der Waals surface area contributed by atoms with Crippen molar-refractivity contribution in [3.05, 3.63) is 129 Å². The van der Waals surface area contributed by atoms with E-state index >= 15 is 0 Å². The van der Waals surface area contributed by atoms with Gasteiger partial charge in [-0.1, -0.05) is 42.5 Å². The molecule has 43 heavy (non-hydrogen) atoms. The van der Waals surface area contributed by atoms with Crippen molar-refractivity contribution in [3.8, 4) is 11.5 Å². The van der Waals surface area contributed by atoms with Gasteiger partial charge >= 0.3 is 0 Å². The lowest BCUT2D eigenvalue weighted by Crippen LogP contribution is -2.49. The zero-order chi connectivity index (χ0) is 29.9. The van der Waals surface area contributed by atoms with E-state index in [1.807, 2.05) is 65.7 Å². The van der Waals surface area contributed by atoms with E-state index in [2.05, 4.69) is 21.2 Å². The van der Waals surface area contributed by atoms with Gasteiger partial charge in [-0.15, -0.1) is 0 Å². The Morgan fingerprint density at radius 3 is 2.33 bits per heavy atom. The van der Waals surface area contributed by atoms with E-state index in [0.29, 0.717) is 38.3 Å². The zero-order valence-corrected chi connectivity index (χ0v) is 25.0. The lowest BCUT2D eigenvalue weighted by molar-refractivity contribution is -0.122. The molecule has 214 valence electrons. The number of benzene rings is 4. The Morgan fingerprint density at radius 2 is 1.58 bits per heavy atom. The lowest BCUT2D eigenvalue weighted by Gasteiger charge is -2.38. The molecule has 0 aliphatic carbocycles. The second kappa shape index (κ2) is 10.2. The van der Waals surface area contributed by atoms with Crippen LogP contribution in [0.2, 0.25) is 0 Å². The molecule has 4 aromatic rings. The van der Waals surface area contributed by atoms with Gasteiger partial charge in [0.15, 0.2) is 11.6 Å². The number of para-hydroxylation sites is 1. The average Bonchev–Trinajstić information content (AvgIpc) is 3.52. The molecule has 1 N–H and O–H groups in total. The number of Topliss-reactive ketones (excluding diaryl/α,β-unsaturated/α-hetero) is 2. The molecule has 0 radical (unpaired) electrons. The molecule has 1 saturated heterocycles. The summed E-state index contributed by atoms with van der Waals surface area (Å²) in [5.41, 5.74) is 2.59. The van der Waals surface area contributed by atoms with Gasteiger partial charge in [0.2, 0.25) is 5.91 Å². The second-order valence-electron chi connectivity index (χ2n) is 10.9. The molecule has 3 aliphatic rings. The molecule has 1 spiro atoms. The van der Waals surface area contributed by atoms with Gasteiger partial charge in [0.1, 0.15) is 23.0 Å². The maximum absolute atomic E-state index is 14.9. The van der Waals surface area contributed by atoms with Crippen LogP contribution in [-0.2, 0) is 10.2 Å². The van der Waals surface area contributed by atoms with E-state index in [-0.39, 0.29) is 17.5 Å². The maximum Gasteiger partial charge on any atom is 0.238 e. The number of hydrogen-bond acceptors (Lipinski definition) is 6. The van der Waals surface area contributed by atoms with Gasteiger partial charge < -0.3 is 19.7 Å². The molecule has 0 unspecified atom stereocenters. The van der Waals surface area contributed by atoms with Crippen LogP contribution in [0.15, 0.2) is 102 Å². The largest absolute Gasteiger partial charge is 0.497 e. The van der Waals surface area contributed by atoms with Crippen LogP contribution in [0.1, 0.15) is 43.4 Å². The molecule has 4 aromatic carbocycles. The van der Waals surface area contributed by atoms with Gasteiger partial charge in [-0.3, -0.25) is 14.4 Å². The first-order chi connectivity index (χ1) is 20.9. The van der Waals surface area contributed by atoms with Crippen molar-refractivity contribution in [2.75, 3.05) is 19.5 Å². The molecule has 7 nitrogen and oxygen atoms in total. The van der Waals surface area contributed by atoms with E-state index in [0.717, 1.165) is 11.1 Å². The van der Waals surface area contributed by atoms with Crippen LogP contribution in [0.25, 0.3) is 6.08 Å². The Bertz CT molecular complexity index is 1830. The van der Waals surface area contributed by atoms with E-state index in [9.17, 15) is 14.4 Å². The van der Waals surface area contributed by atoms with E-state index in [1.54, 1.807) is 56.7 Å². The van der Waals surface area contributed by atoms with E-state index in [4.69, 9.17) is 9.47 Å². The van der Waals surface area contributed by atoms with E-state index < -0.39 is 23.4 Å². The number of carbonyl (C=O) groups is 3. The first-order valence-corrected chi connectivity index (χ1v) is 14.7. The molecule has 3 heterocycles. The number of anilines is 1. The quantitative estimate of drug-likeness (QED) is 0.246. The molecule has 1 fully saturated rings. The summed E-state index contributed by atoms with van der Waals surface area (Å²) in [4.78, 5) is 46.1. The number of halogens is 1. The number of nitrogens with one attached hydrogen (secondary N) is 1. The number of fused-ring (bicyclic) bond motifs is 6. The minimum absolute atomic E-state index is 0.265. The van der Waals surface area contributed by atoms with Crippen molar-refractivity contribution >= 4 is 45.2 Å². The van der Waals surface area contributed by atoms with Crippen LogP contribution < -0.4 is 14.8 Å². The zero-order valence-electron chi connectivity index (χ0n) is 23.4. The van der Waals surface area contributed by atoms with Gasteiger partial charge in [-0.25, -0.2) is 0 Å². The number of carbonyl (C=O) groups excluding carboxylic acids is 3. The first kappa shape index (κ1) is 27.2. The summed E-state index contributed by atoms with van der Waals surface area (Å²) in [5.74, 6) is -0.727. The Labute approximate surface area is 257 Å². The second-order valence-corrected chi connectivity index (χ2v) is 11.7. The number of amides is 1. The van der Waals surface area contributed by atoms with Gasteiger partial charge in [0.05, 0.1) is 30.7 Å². The van der Waals surface area contributed by atoms with Crippen LogP contribution in [0.5, 0.6) is 11.5 Å². The molecule has 3 aliphatic heterocycles. The summed E-state index contributed by atoms with van der Waals surface area (Å²) >= 11 is 3.51. The van der Waals surface area contributed by atoms with Crippen molar-refractivity contribution in [1.29, 1.82) is 0 Å². The Balaban J connectivity index is 1.51. The molecule has 7 rings (SSSR count). The van der Waals surface area contributed by atoms with Crippen LogP contribution in [-0.4, -0.2) is 42.6 Å². The molecule has 0 aromatic heterocycles. The predicted molar refractivity (Wildman–Crippen MR) is 166 cm³/mol. The number of rotatable bonds is 6. The standard InChI is InChI=1S/C35H27BrN2O5/c1-42-23-14-11-21(12-15-23)31(39)29-30(32(40)22-13-16-28(43-2)26(36)19-22)38-18-17-20-7-3-4-8-24(20)33(38)35(29)25-9-5-6-10-27(25)37-34(35)41/h3-19,29-30,33H,1-2H3,(H,37,41)/t29-,30+,33+,35-/m0/s1. The normalized spacial score (nSPS) is 22.9. The summed E-state index contributed by atoms with van der Waals surface area (Å²) in [6.07, 6.45) is 3.81. The molecular formula is C35H27BrN2O5. The van der Waals surface area contributed by atoms with Crippen molar-refractivity contribution in [1.82, 2.24) is 4.90 Å². The third-order valence-electron chi connectivity index (χ3n) is 8.93. The molecule has 0 saturated carbocycles. The third kappa shape index (κ3) is 3.89. The number of ether oxygens (including phenoxy) is 2. The van der Waals surface area contributed by atoms with Gasteiger partial charge in [0, 0.05) is 23.0 Å². The summed E-state index contributed by atoms with van der Waals surface area (Å²) in [6, 6.07) is 25.7. The molecule has 8 heteroatoms. The monoisotopic (exact) mass is 634 g/mol. The highest BCUT2D eigenvalue weighted by Gasteiger charge is 2.70. The highest BCUT2D eigenvalue weighted by atomic mass is 79.9. The topological polar surface area (TPSA) is 84.9 Å². The SMILES string of the molecule is COc1ccc(C(=O)[C@@H]2[C@H](C(=O)c3ccc(OC)c(Br)c3)N3C=Cc4ccccc4[C@@H]3[C@@]23C(=O)Nc2ccccc23)cc1. The van der Waals surface area contributed by atoms with Crippen LogP contribution in [0.3, 0.4) is 0 Å². The molecular weight excluding hydrogens is 608 g/mol. The molecule has 0 bridgehead atoms. The molecule has 1 amide bonds. The Kier molecular flexibility index (Phi) is 6.47. The maximum atomic E-state index is 14.9. The van der Waals surface area contributed by atoms with Crippen molar-refractivity contribution in [2.24, 2.45) is 5.92 Å². The number of methoxy groups -OCH3 is 2. The summed E-state index contributed by atoms with van der Waals surface area (Å²) in [5, 5.41) is 3.07. The number of nitrogens with zero attached hydrogens (tertiary/aromatic N) is 1. The number of hydrogen-bond donors (Lipinski definition) is 1. The fourth-order valence-electron chi connectivity index (χ4n) is 7.09. The fourth-order valence-corrected chi connectivity index (χ4v) is 7.63. The van der Waals surface area contributed by atoms with E-state index in [1.165, 1.54) is 0 Å². The predicted octanol–water partition coefficient (Wildman–Crippen LogP) is 6.45. The minimum Gasteiger partial charge on any atom is -0.497 e. The highest BCUT2D eigenvalue weighted by molar-refractivity contribution is 9.10. The van der Waals surface area contributed by atoms with Crippen LogP contribution in [0.4, 0.5) is 5.69 Å². The van der Waals surface area contributed by atoms with Gasteiger partial charge in [-0.05, 0) is 87.2 Å². The first-order valence-electron chi connectivity index (χ1n) is 13.9. The third-order valence-corrected chi connectivity index (χ3v) is 9.55. The molecule has 4 atom stereocenters. The summed E-state index contributed by atoms with van der Waals surface area (Å²) in [6.45, 7) is 0. The minimum atomic E-state index is -1.39. The Hall–Kier alpha value is -4.69. The van der Waals surface area contributed by atoms with Crippen molar-refractivity contribution in [3.63, 3.8) is 0 Å². The smallest absolute Gasteiger partial charge is 0.238 e. The average molecular weight is 636 g/mol. The summed E-state index contributed by atoms with van der Waals surface area (Å²) < 4.78 is 11.3. The van der Waals surface area contributed by atoms with Crippen LogP contribution >= 0.6 is 15.9 Å². The lowest BCUT2D eigenvalue weighted by atomic mass is 9.62. The summed E-state index contributed by atoms with van der Waals surface area (Å²) in [7, 11) is 3.12. The Morgan fingerprint density at radius 1 is 0.860 bits per heavy atom.